The number of benzene rings is 12. The van der Waals surface area contributed by atoms with E-state index in [1.165, 1.54) is 98.4 Å². The van der Waals surface area contributed by atoms with Crippen molar-refractivity contribution in [2.24, 2.45) is 0 Å². The molecular formula is C64H42N2. The Balaban J connectivity index is 1.00. The van der Waals surface area contributed by atoms with Gasteiger partial charge in [0.1, 0.15) is 0 Å². The van der Waals surface area contributed by atoms with Crippen LogP contribution >= 0.6 is 0 Å². The van der Waals surface area contributed by atoms with E-state index in [0.717, 1.165) is 22.6 Å². The van der Waals surface area contributed by atoms with Crippen LogP contribution < -0.4 is 4.90 Å². The fourth-order valence-electron chi connectivity index (χ4n) is 10.5. The topological polar surface area (TPSA) is 8.17 Å². The van der Waals surface area contributed by atoms with Gasteiger partial charge in [0.05, 0.1) is 28.1 Å². The molecule has 0 spiro atoms. The molecule has 0 unspecified atom stereocenters. The van der Waals surface area contributed by atoms with Crippen LogP contribution in [0.5, 0.6) is 0 Å². The summed E-state index contributed by atoms with van der Waals surface area (Å²) in [6.45, 7) is 0. The third-order valence-electron chi connectivity index (χ3n) is 13.6. The summed E-state index contributed by atoms with van der Waals surface area (Å²) in [6, 6.07) is 93.3. The summed E-state index contributed by atoms with van der Waals surface area (Å²) in [4.78, 5) is 2.48. The van der Waals surface area contributed by atoms with Crippen molar-refractivity contribution in [3.05, 3.63) is 255 Å². The van der Waals surface area contributed by atoms with Gasteiger partial charge in [-0.2, -0.15) is 0 Å². The van der Waals surface area contributed by atoms with Crippen LogP contribution in [0.4, 0.5) is 17.1 Å². The lowest BCUT2D eigenvalue weighted by Crippen LogP contribution is -2.12. The fourth-order valence-corrected chi connectivity index (χ4v) is 10.5. The number of anilines is 3. The molecule has 0 radical (unpaired) electrons. The van der Waals surface area contributed by atoms with E-state index in [4.69, 9.17) is 0 Å². The van der Waals surface area contributed by atoms with Crippen molar-refractivity contribution in [1.82, 2.24) is 4.57 Å². The molecule has 0 bridgehead atoms. The first-order valence-electron chi connectivity index (χ1n) is 22.8. The van der Waals surface area contributed by atoms with Gasteiger partial charge in [-0.05, 0) is 109 Å². The van der Waals surface area contributed by atoms with Gasteiger partial charge in [0.2, 0.25) is 0 Å². The summed E-state index contributed by atoms with van der Waals surface area (Å²) >= 11 is 0. The van der Waals surface area contributed by atoms with Gasteiger partial charge >= 0.3 is 0 Å². The molecule has 0 saturated heterocycles. The Labute approximate surface area is 383 Å². The van der Waals surface area contributed by atoms with Crippen molar-refractivity contribution in [3.63, 3.8) is 0 Å². The molecule has 13 rings (SSSR count). The summed E-state index contributed by atoms with van der Waals surface area (Å²) in [5.74, 6) is 0. The molecule has 13 aromatic rings. The number of fused-ring (bicyclic) bond motifs is 9. The Bertz CT molecular complexity index is 3980. The van der Waals surface area contributed by atoms with Gasteiger partial charge < -0.3 is 9.47 Å². The molecular weight excluding hydrogens is 797 g/mol. The van der Waals surface area contributed by atoms with Crippen LogP contribution in [-0.4, -0.2) is 4.57 Å². The predicted molar refractivity (Wildman–Crippen MR) is 282 cm³/mol. The van der Waals surface area contributed by atoms with Crippen LogP contribution in [0.1, 0.15) is 0 Å². The van der Waals surface area contributed by atoms with Gasteiger partial charge in [-0.3, -0.25) is 0 Å². The second-order valence-corrected chi connectivity index (χ2v) is 17.2. The van der Waals surface area contributed by atoms with Crippen LogP contribution in [0.2, 0.25) is 0 Å². The molecule has 0 fully saturated rings. The van der Waals surface area contributed by atoms with Gasteiger partial charge in [0, 0.05) is 32.8 Å². The van der Waals surface area contributed by atoms with E-state index in [9.17, 15) is 0 Å². The average molecular weight is 839 g/mol. The molecule has 1 heterocycles. The van der Waals surface area contributed by atoms with E-state index in [1.807, 2.05) is 0 Å². The zero-order valence-corrected chi connectivity index (χ0v) is 36.1. The minimum atomic E-state index is 1.09. The quantitative estimate of drug-likeness (QED) is 0.145. The van der Waals surface area contributed by atoms with Crippen molar-refractivity contribution < 1.29 is 0 Å². The molecule has 0 aliphatic rings. The Hall–Kier alpha value is -8.72. The molecule has 308 valence electrons. The summed E-state index contributed by atoms with van der Waals surface area (Å²) < 4.78 is 2.46. The number of aromatic nitrogens is 1. The summed E-state index contributed by atoms with van der Waals surface area (Å²) in [7, 11) is 0. The molecule has 12 aromatic carbocycles. The fraction of sp³-hybridized carbons (Fsp3) is 0. The smallest absolute Gasteiger partial charge is 0.0547 e. The zero-order valence-electron chi connectivity index (χ0n) is 36.1. The monoisotopic (exact) mass is 838 g/mol. The lowest BCUT2D eigenvalue weighted by Gasteiger charge is -2.30. The van der Waals surface area contributed by atoms with Crippen molar-refractivity contribution >= 4 is 82.0 Å². The molecule has 2 nitrogen and oxygen atoms in total. The first-order valence-corrected chi connectivity index (χ1v) is 22.8. The van der Waals surface area contributed by atoms with Gasteiger partial charge in [-0.25, -0.2) is 0 Å². The highest BCUT2D eigenvalue weighted by Gasteiger charge is 2.23. The number of para-hydroxylation sites is 1. The Morgan fingerprint density at radius 2 is 0.848 bits per heavy atom. The zero-order chi connectivity index (χ0) is 43.6. The minimum absolute atomic E-state index is 1.09. The predicted octanol–water partition coefficient (Wildman–Crippen LogP) is 17.9. The Kier molecular flexibility index (Phi) is 8.89. The number of nitrogens with zero attached hydrogens (tertiary/aromatic N) is 2. The molecule has 0 N–H and O–H groups in total. The normalized spacial score (nSPS) is 11.6. The van der Waals surface area contributed by atoms with Gasteiger partial charge in [-0.1, -0.05) is 206 Å². The van der Waals surface area contributed by atoms with Crippen LogP contribution in [0.15, 0.2) is 255 Å². The molecule has 0 amide bonds. The first-order chi connectivity index (χ1) is 32.8. The largest absolute Gasteiger partial charge is 0.309 e. The van der Waals surface area contributed by atoms with E-state index in [0.29, 0.717) is 0 Å². The lowest BCUT2D eigenvalue weighted by molar-refractivity contribution is 1.20. The maximum Gasteiger partial charge on any atom is 0.0547 e. The highest BCUT2D eigenvalue weighted by molar-refractivity contribution is 6.22. The van der Waals surface area contributed by atoms with E-state index in [1.54, 1.807) is 0 Å². The van der Waals surface area contributed by atoms with Gasteiger partial charge in [-0.15, -0.1) is 0 Å². The maximum atomic E-state index is 2.48. The van der Waals surface area contributed by atoms with Crippen LogP contribution in [0, 0.1) is 0 Å². The van der Waals surface area contributed by atoms with Gasteiger partial charge in [0.15, 0.2) is 0 Å². The first kappa shape index (κ1) is 37.8. The number of hydrogen-bond acceptors (Lipinski definition) is 1. The third-order valence-corrected chi connectivity index (χ3v) is 13.6. The highest BCUT2D eigenvalue weighted by atomic mass is 15.1. The molecule has 2 heteroatoms. The second kappa shape index (κ2) is 15.5. The second-order valence-electron chi connectivity index (χ2n) is 17.2. The van der Waals surface area contributed by atoms with Crippen molar-refractivity contribution in [2.75, 3.05) is 4.90 Å². The Morgan fingerprint density at radius 1 is 0.273 bits per heavy atom. The molecule has 0 atom stereocenters. The highest BCUT2D eigenvalue weighted by Crippen LogP contribution is 2.47. The van der Waals surface area contributed by atoms with Crippen LogP contribution in [0.3, 0.4) is 0 Å². The standard InChI is InChI=1S/C64H42N2/c1-3-17-43(18-4-1)47-34-38-61(58(41-47)44-19-5-2-6-20-44)65(63-42-48-22-8-9-23-50(48)53-25-12-14-28-56(53)63)49-35-31-46(32-36-49)51-37-40-60(55-27-13-11-26-54(51)55)66-59-30-16-15-29-57(59)64-52-24-10-7-21-45(52)33-39-62(64)66/h1-42H. The molecule has 0 aliphatic heterocycles. The van der Waals surface area contributed by atoms with Crippen LogP contribution in [0.25, 0.3) is 104 Å². The van der Waals surface area contributed by atoms with Crippen molar-refractivity contribution in [1.29, 1.82) is 0 Å². The van der Waals surface area contributed by atoms with Crippen LogP contribution in [-0.2, 0) is 0 Å². The number of hydrogen-bond donors (Lipinski definition) is 0. The summed E-state index contributed by atoms with van der Waals surface area (Å²) in [5.41, 5.74) is 14.0. The number of rotatable bonds is 7. The molecule has 66 heavy (non-hydrogen) atoms. The van der Waals surface area contributed by atoms with E-state index >= 15 is 0 Å². The average Bonchev–Trinajstić information content (AvgIpc) is 3.74. The summed E-state index contributed by atoms with van der Waals surface area (Å²) in [6.07, 6.45) is 0. The summed E-state index contributed by atoms with van der Waals surface area (Å²) in [5, 5.41) is 12.4. The molecule has 1 aromatic heterocycles. The third kappa shape index (κ3) is 6.11. The van der Waals surface area contributed by atoms with E-state index < -0.39 is 0 Å². The van der Waals surface area contributed by atoms with Crippen molar-refractivity contribution in [3.8, 4) is 39.1 Å². The maximum absolute atomic E-state index is 2.48. The Morgan fingerprint density at radius 3 is 1.62 bits per heavy atom. The lowest BCUT2D eigenvalue weighted by atomic mass is 9.94. The van der Waals surface area contributed by atoms with E-state index in [-0.39, 0.29) is 0 Å². The van der Waals surface area contributed by atoms with Crippen molar-refractivity contribution in [2.45, 2.75) is 0 Å². The minimum Gasteiger partial charge on any atom is -0.309 e. The van der Waals surface area contributed by atoms with E-state index in [2.05, 4.69) is 264 Å². The SMILES string of the molecule is c1ccc(-c2ccc(N(c3ccc(-c4ccc(-n5c6ccccc6c6c7ccccc7ccc65)c5ccccc45)cc3)c3cc4ccccc4c4ccccc34)c(-c3ccccc3)c2)cc1. The molecule has 0 saturated carbocycles. The molecule has 0 aliphatic carbocycles. The van der Waals surface area contributed by atoms with Gasteiger partial charge in [0.25, 0.3) is 0 Å².